The quantitative estimate of drug-likeness (QED) is 0.803. The Kier molecular flexibility index (Phi) is 4.10. The molecule has 1 N–H and O–H groups in total. The molecule has 3 aliphatic rings. The van der Waals surface area contributed by atoms with Crippen LogP contribution in [0.25, 0.3) is 0 Å². The fourth-order valence-electron chi connectivity index (χ4n) is 3.65. The van der Waals surface area contributed by atoms with Crippen LogP contribution in [-0.2, 0) is 14.2 Å². The molecule has 1 spiro atoms. The van der Waals surface area contributed by atoms with Crippen LogP contribution in [0.3, 0.4) is 0 Å². The second kappa shape index (κ2) is 5.66. The Hall–Kier alpha value is -0.200. The van der Waals surface area contributed by atoms with E-state index in [0.717, 1.165) is 45.3 Å². The molecule has 0 aromatic heterocycles. The highest BCUT2D eigenvalue weighted by molar-refractivity contribution is 4.94. The highest BCUT2D eigenvalue weighted by Gasteiger charge is 2.46. The SMILES string of the molecule is CN(C1CCOCC1)C1CC2(CCC1O)OCCO2. The zero-order valence-electron chi connectivity index (χ0n) is 11.7. The Morgan fingerprint density at radius 2 is 1.74 bits per heavy atom. The number of nitrogens with zero attached hydrogens (tertiary/aromatic N) is 1. The highest BCUT2D eigenvalue weighted by Crippen LogP contribution is 2.38. The van der Waals surface area contributed by atoms with Gasteiger partial charge in [0.05, 0.1) is 19.3 Å². The molecule has 2 heterocycles. The number of hydrogen-bond acceptors (Lipinski definition) is 5. The van der Waals surface area contributed by atoms with E-state index in [1.807, 2.05) is 0 Å². The maximum Gasteiger partial charge on any atom is 0.170 e. The van der Waals surface area contributed by atoms with Gasteiger partial charge in [0.1, 0.15) is 0 Å². The fraction of sp³-hybridized carbons (Fsp3) is 1.00. The molecule has 2 atom stereocenters. The first-order valence-corrected chi connectivity index (χ1v) is 7.46. The summed E-state index contributed by atoms with van der Waals surface area (Å²) in [4.78, 5) is 2.33. The molecule has 110 valence electrons. The molecule has 5 nitrogen and oxygen atoms in total. The number of aliphatic hydroxyl groups is 1. The van der Waals surface area contributed by atoms with Crippen molar-refractivity contribution in [2.24, 2.45) is 0 Å². The van der Waals surface area contributed by atoms with E-state index >= 15 is 0 Å². The van der Waals surface area contributed by atoms with Crippen molar-refractivity contribution in [1.29, 1.82) is 0 Å². The first-order chi connectivity index (χ1) is 9.20. The number of aliphatic hydroxyl groups excluding tert-OH is 1. The van der Waals surface area contributed by atoms with E-state index in [9.17, 15) is 5.11 Å². The molecule has 0 bridgehead atoms. The van der Waals surface area contributed by atoms with Gasteiger partial charge in [-0.1, -0.05) is 0 Å². The Morgan fingerprint density at radius 1 is 1.05 bits per heavy atom. The van der Waals surface area contributed by atoms with Crippen molar-refractivity contribution in [2.45, 2.75) is 56.1 Å². The van der Waals surface area contributed by atoms with Gasteiger partial charge in [-0.05, 0) is 26.3 Å². The topological polar surface area (TPSA) is 51.2 Å². The predicted octanol–water partition coefficient (Wildman–Crippen LogP) is 0.754. The smallest absolute Gasteiger partial charge is 0.170 e. The van der Waals surface area contributed by atoms with Gasteiger partial charge in [0, 0.05) is 38.1 Å². The van der Waals surface area contributed by atoms with Crippen molar-refractivity contribution < 1.29 is 19.3 Å². The highest BCUT2D eigenvalue weighted by atomic mass is 16.7. The van der Waals surface area contributed by atoms with Gasteiger partial charge in [0.2, 0.25) is 0 Å². The van der Waals surface area contributed by atoms with E-state index in [4.69, 9.17) is 14.2 Å². The molecule has 0 radical (unpaired) electrons. The molecular weight excluding hydrogens is 246 g/mol. The molecule has 2 unspecified atom stereocenters. The Morgan fingerprint density at radius 3 is 2.42 bits per heavy atom. The second-order valence-corrected chi connectivity index (χ2v) is 5.99. The monoisotopic (exact) mass is 271 g/mol. The second-order valence-electron chi connectivity index (χ2n) is 5.99. The number of likely N-dealkylation sites (N-methyl/N-ethyl adjacent to an activating group) is 1. The maximum atomic E-state index is 10.3. The largest absolute Gasteiger partial charge is 0.391 e. The number of rotatable bonds is 2. The van der Waals surface area contributed by atoms with Gasteiger partial charge in [0.25, 0.3) is 0 Å². The molecule has 1 aliphatic carbocycles. The summed E-state index contributed by atoms with van der Waals surface area (Å²) in [5.74, 6) is -0.427. The van der Waals surface area contributed by atoms with E-state index in [1.165, 1.54) is 0 Å². The molecule has 3 rings (SSSR count). The third-order valence-corrected chi connectivity index (χ3v) is 4.89. The van der Waals surface area contributed by atoms with Crippen LogP contribution in [-0.4, -0.2) is 67.5 Å². The van der Waals surface area contributed by atoms with Gasteiger partial charge in [0.15, 0.2) is 5.79 Å². The lowest BCUT2D eigenvalue weighted by molar-refractivity contribution is -0.207. The predicted molar refractivity (Wildman–Crippen MR) is 69.9 cm³/mol. The number of hydrogen-bond donors (Lipinski definition) is 1. The minimum Gasteiger partial charge on any atom is -0.391 e. The summed E-state index contributed by atoms with van der Waals surface area (Å²) < 4.78 is 17.0. The van der Waals surface area contributed by atoms with Crippen molar-refractivity contribution in [1.82, 2.24) is 4.90 Å². The van der Waals surface area contributed by atoms with Crippen LogP contribution >= 0.6 is 0 Å². The normalized spacial score (nSPS) is 36.2. The van der Waals surface area contributed by atoms with Gasteiger partial charge in [-0.15, -0.1) is 0 Å². The Bertz CT molecular complexity index is 300. The van der Waals surface area contributed by atoms with Gasteiger partial charge in [-0.25, -0.2) is 0 Å². The summed E-state index contributed by atoms with van der Waals surface area (Å²) in [5, 5.41) is 10.3. The number of ether oxygens (including phenoxy) is 3. The van der Waals surface area contributed by atoms with Gasteiger partial charge >= 0.3 is 0 Å². The van der Waals surface area contributed by atoms with Crippen LogP contribution in [0, 0.1) is 0 Å². The van der Waals surface area contributed by atoms with Crippen LogP contribution in [0.5, 0.6) is 0 Å². The molecule has 2 aliphatic heterocycles. The van der Waals surface area contributed by atoms with Crippen LogP contribution in [0.15, 0.2) is 0 Å². The van der Waals surface area contributed by atoms with Crippen molar-refractivity contribution >= 4 is 0 Å². The third-order valence-electron chi connectivity index (χ3n) is 4.89. The Labute approximate surface area is 114 Å². The molecule has 5 heteroatoms. The lowest BCUT2D eigenvalue weighted by atomic mass is 9.85. The summed E-state index contributed by atoms with van der Waals surface area (Å²) in [6, 6.07) is 0.639. The lowest BCUT2D eigenvalue weighted by Gasteiger charge is -2.46. The first-order valence-electron chi connectivity index (χ1n) is 7.46. The minimum atomic E-state index is -0.427. The molecular formula is C14H25NO4. The van der Waals surface area contributed by atoms with E-state index in [1.54, 1.807) is 0 Å². The maximum absolute atomic E-state index is 10.3. The summed E-state index contributed by atoms with van der Waals surface area (Å²) in [6.07, 6.45) is 4.18. The Balaban J connectivity index is 1.66. The molecule has 0 aromatic carbocycles. The van der Waals surface area contributed by atoms with E-state index in [2.05, 4.69) is 11.9 Å². The third kappa shape index (κ3) is 2.81. The average Bonchev–Trinajstić information content (AvgIpc) is 2.90. The van der Waals surface area contributed by atoms with Gasteiger partial charge in [-0.2, -0.15) is 0 Å². The molecule has 0 amide bonds. The summed E-state index contributed by atoms with van der Waals surface area (Å²) in [7, 11) is 2.12. The van der Waals surface area contributed by atoms with Gasteiger partial charge in [-0.3, -0.25) is 4.90 Å². The van der Waals surface area contributed by atoms with Crippen molar-refractivity contribution in [3.05, 3.63) is 0 Å². The molecule has 0 aromatic rings. The molecule has 1 saturated carbocycles. The summed E-state index contributed by atoms with van der Waals surface area (Å²) >= 11 is 0. The van der Waals surface area contributed by atoms with Crippen LogP contribution in [0.2, 0.25) is 0 Å². The van der Waals surface area contributed by atoms with E-state index in [0.29, 0.717) is 19.3 Å². The van der Waals surface area contributed by atoms with Crippen molar-refractivity contribution in [2.75, 3.05) is 33.5 Å². The zero-order valence-corrected chi connectivity index (χ0v) is 11.7. The van der Waals surface area contributed by atoms with E-state index < -0.39 is 5.79 Å². The summed E-state index contributed by atoms with van der Waals surface area (Å²) in [6.45, 7) is 3.03. The standard InChI is InChI=1S/C14H25NO4/c1-15(11-3-6-17-7-4-11)12-10-14(5-2-13(12)16)18-8-9-19-14/h11-13,16H,2-10H2,1H3. The zero-order chi connectivity index (χ0) is 13.3. The van der Waals surface area contributed by atoms with Crippen LogP contribution in [0.1, 0.15) is 32.1 Å². The van der Waals surface area contributed by atoms with Crippen molar-refractivity contribution in [3.8, 4) is 0 Å². The van der Waals surface area contributed by atoms with Gasteiger partial charge < -0.3 is 19.3 Å². The first kappa shape index (κ1) is 13.8. The fourth-order valence-corrected chi connectivity index (χ4v) is 3.65. The minimum absolute atomic E-state index is 0.134. The molecule has 2 saturated heterocycles. The average molecular weight is 271 g/mol. The van der Waals surface area contributed by atoms with Crippen molar-refractivity contribution in [3.63, 3.8) is 0 Å². The van der Waals surface area contributed by atoms with Crippen LogP contribution < -0.4 is 0 Å². The molecule has 19 heavy (non-hydrogen) atoms. The lowest BCUT2D eigenvalue weighted by Crippen LogP contribution is -2.55. The molecule has 3 fully saturated rings. The summed E-state index contributed by atoms with van der Waals surface area (Å²) in [5.41, 5.74) is 0. The van der Waals surface area contributed by atoms with E-state index in [-0.39, 0.29) is 12.1 Å². The van der Waals surface area contributed by atoms with Crippen LogP contribution in [0.4, 0.5) is 0 Å².